The highest BCUT2D eigenvalue weighted by Crippen LogP contribution is 2.86. The van der Waals surface area contributed by atoms with Crippen molar-refractivity contribution in [1.29, 1.82) is 0 Å². The monoisotopic (exact) mass is 1050 g/mol. The van der Waals surface area contributed by atoms with Gasteiger partial charge in [0.05, 0.1) is 11.4 Å². The van der Waals surface area contributed by atoms with Crippen molar-refractivity contribution < 1.29 is 19.7 Å². The molecule has 414 valence electrons. The van der Waals surface area contributed by atoms with Gasteiger partial charge in [0.2, 0.25) is 0 Å². The van der Waals surface area contributed by atoms with Gasteiger partial charge in [0.15, 0.2) is 0 Å². The van der Waals surface area contributed by atoms with E-state index in [1.165, 1.54) is 144 Å². The molecule has 0 saturated heterocycles. The predicted molar refractivity (Wildman–Crippen MR) is 312 cm³/mol. The molecule has 20 rings (SSSR count). The van der Waals surface area contributed by atoms with E-state index in [2.05, 4.69) is 116 Å². The van der Waals surface area contributed by atoms with Crippen molar-refractivity contribution >= 4 is 11.4 Å². The Labute approximate surface area is 467 Å². The van der Waals surface area contributed by atoms with Crippen LogP contribution in [-0.4, -0.2) is 10.2 Å². The number of hydrogen-bond donors (Lipinski definition) is 4. The summed E-state index contributed by atoms with van der Waals surface area (Å²) in [5, 5.41) is 22.6. The molecule has 16 saturated carbocycles. The molecule has 6 nitrogen and oxygen atoms in total. The van der Waals surface area contributed by atoms with Crippen LogP contribution < -0.4 is 20.9 Å². The number of nitrogens with two attached hydrogens (primary N) is 2. The van der Waals surface area contributed by atoms with Crippen molar-refractivity contribution in [3.8, 4) is 34.5 Å². The summed E-state index contributed by atoms with van der Waals surface area (Å²) >= 11 is 0. The van der Waals surface area contributed by atoms with Crippen LogP contribution in [0.1, 0.15) is 225 Å². The Morgan fingerprint density at radius 3 is 1.04 bits per heavy atom. The van der Waals surface area contributed by atoms with Gasteiger partial charge in [0, 0.05) is 39.5 Å². The lowest BCUT2D eigenvalue weighted by Crippen LogP contribution is -2.73. The summed E-state index contributed by atoms with van der Waals surface area (Å²) in [7, 11) is 0. The largest absolute Gasteiger partial charge is 0.506 e. The maximum absolute atomic E-state index is 11.3. The Morgan fingerprint density at radius 1 is 0.372 bits per heavy atom. The highest BCUT2D eigenvalue weighted by molar-refractivity contribution is 5.63. The summed E-state index contributed by atoms with van der Waals surface area (Å²) in [4.78, 5) is 0. The third-order valence-electron chi connectivity index (χ3n) is 26.9. The zero-order chi connectivity index (χ0) is 53.9. The van der Waals surface area contributed by atoms with Crippen LogP contribution in [0.15, 0.2) is 72.8 Å². The van der Waals surface area contributed by atoms with E-state index in [1.807, 2.05) is 12.1 Å². The number of nitrogen functional groups attached to an aromatic ring is 2. The fourth-order valence-electron chi connectivity index (χ4n) is 28.8. The molecule has 4 aromatic rings. The van der Waals surface area contributed by atoms with Crippen molar-refractivity contribution in [3.05, 3.63) is 95.1 Å². The van der Waals surface area contributed by atoms with Gasteiger partial charge in [-0.2, -0.15) is 0 Å². The molecule has 6 heteroatoms. The zero-order valence-electron chi connectivity index (χ0n) is 48.9. The summed E-state index contributed by atoms with van der Waals surface area (Å²) in [6.07, 6.45) is 30.0. The van der Waals surface area contributed by atoms with Crippen LogP contribution in [0.4, 0.5) is 11.4 Å². The first-order valence-corrected chi connectivity index (χ1v) is 31.5. The lowest BCUT2D eigenvalue weighted by Gasteiger charge is -2.81. The summed E-state index contributed by atoms with van der Waals surface area (Å²) in [6.45, 7) is 21.0. The quantitative estimate of drug-likeness (QED) is 0.0982. The van der Waals surface area contributed by atoms with Gasteiger partial charge in [-0.05, 0) is 273 Å². The zero-order valence-corrected chi connectivity index (χ0v) is 48.9. The average Bonchev–Trinajstić information content (AvgIpc) is 1.46. The van der Waals surface area contributed by atoms with Crippen LogP contribution in [0.3, 0.4) is 0 Å². The van der Waals surface area contributed by atoms with E-state index in [9.17, 15) is 10.2 Å². The van der Waals surface area contributed by atoms with Crippen LogP contribution in [0.5, 0.6) is 34.5 Å². The Kier molecular flexibility index (Phi) is 9.41. The van der Waals surface area contributed by atoms with Crippen LogP contribution in [0.25, 0.3) is 0 Å². The van der Waals surface area contributed by atoms with Crippen molar-refractivity contribution in [2.45, 2.75) is 219 Å². The Hall–Kier alpha value is -4.32. The second-order valence-electron chi connectivity index (χ2n) is 34.8. The summed E-state index contributed by atoms with van der Waals surface area (Å²) in [5.74, 6) is 6.43. The highest BCUT2D eigenvalue weighted by atomic mass is 16.5. The molecule has 16 aliphatic carbocycles. The van der Waals surface area contributed by atoms with Crippen molar-refractivity contribution in [1.82, 2.24) is 0 Å². The maximum atomic E-state index is 11.3. The number of anilines is 2. The molecule has 16 aliphatic rings. The summed E-state index contributed by atoms with van der Waals surface area (Å²) in [6, 6.07) is 26.7. The van der Waals surface area contributed by atoms with Crippen LogP contribution in [-0.2, 0) is 16.2 Å². The Morgan fingerprint density at radius 2 is 0.692 bits per heavy atom. The third-order valence-corrected chi connectivity index (χ3v) is 26.9. The van der Waals surface area contributed by atoms with E-state index in [-0.39, 0.29) is 38.6 Å². The first-order chi connectivity index (χ1) is 36.6. The van der Waals surface area contributed by atoms with E-state index in [1.54, 1.807) is 0 Å². The van der Waals surface area contributed by atoms with Crippen molar-refractivity contribution in [2.24, 2.45) is 77.8 Å². The van der Waals surface area contributed by atoms with Gasteiger partial charge in [0.1, 0.15) is 34.5 Å². The van der Waals surface area contributed by atoms with E-state index >= 15 is 0 Å². The third kappa shape index (κ3) is 6.61. The average molecular weight is 1050 g/mol. The molecule has 0 radical (unpaired) electrons. The van der Waals surface area contributed by atoms with Crippen molar-refractivity contribution in [3.63, 3.8) is 0 Å². The fourth-order valence-corrected chi connectivity index (χ4v) is 28.8. The normalized spacial score (nSPS) is 49.2. The van der Waals surface area contributed by atoms with Crippen LogP contribution >= 0.6 is 0 Å². The number of hydrogen-bond acceptors (Lipinski definition) is 6. The van der Waals surface area contributed by atoms with Gasteiger partial charge in [-0.3, -0.25) is 0 Å². The van der Waals surface area contributed by atoms with E-state index in [0.29, 0.717) is 54.7 Å². The topological polar surface area (TPSA) is 111 Å². The molecule has 4 aromatic carbocycles. The molecule has 0 heterocycles. The molecule has 0 amide bonds. The minimum atomic E-state index is -0.267. The van der Waals surface area contributed by atoms with Gasteiger partial charge in [-0.15, -0.1) is 0 Å². The lowest BCUT2D eigenvalue weighted by atomic mass is 9.23. The molecule has 0 aromatic heterocycles. The SMILES string of the molecule is CC12CC3CC(C)(C1)CC(c1cc(N)c(O)cc1Oc1ccc(C4(c5ccc(Oc6cc(O)c(N)cc6C67CC8CC(C)(CC(C)(C8)C6)C7)cc5)C5(C)CC6CC4(C)CC(C47CC8CC(C)(CC(C)(C8)C4)C7)(C6)C5)cc1)(C3)C2. The predicted octanol–water partition coefficient (Wildman–Crippen LogP) is 18.2. The van der Waals surface area contributed by atoms with E-state index < -0.39 is 0 Å². The number of ether oxygens (including phenoxy) is 2. The molecule has 8 atom stereocenters. The van der Waals surface area contributed by atoms with Gasteiger partial charge in [0.25, 0.3) is 0 Å². The molecule has 78 heavy (non-hydrogen) atoms. The molecule has 16 fully saturated rings. The minimum Gasteiger partial charge on any atom is -0.506 e. The molecule has 6 N–H and O–H groups in total. The molecule has 0 spiro atoms. The first kappa shape index (κ1) is 49.5. The number of phenolic OH excluding ortho intramolecular Hbond substituents is 2. The van der Waals surface area contributed by atoms with Crippen molar-refractivity contribution in [2.75, 3.05) is 11.5 Å². The number of phenols is 2. The molecule has 0 aliphatic heterocycles. The van der Waals surface area contributed by atoms with Gasteiger partial charge < -0.3 is 31.2 Å². The Bertz CT molecular complexity index is 2990. The highest BCUT2D eigenvalue weighted by Gasteiger charge is 2.78. The standard InChI is InChI=1S/C72H92N2O4/c1-60-21-44-22-61(2,33-60)37-68(29-44,36-60)52-17-54(73)56(75)19-58(52)77-50-13-9-48(10-14-50)72(66(7)27-47-28-67(72,8)43-71(32-47,42-66)70-31-46-25-64(5,40-70)35-65(6,26-46)41-70)49-11-15-51(16-12-49)78-59-20-57(76)55(74)18-53(59)69-30-45-23-62(3,38-69)34-63(4,24-45)39-69/h9-20,44-47,75-76H,21-43,73-74H2,1-8H3. The fraction of sp³-hybridized carbons (Fsp3) is 0.667. The van der Waals surface area contributed by atoms with Gasteiger partial charge >= 0.3 is 0 Å². The molecule has 8 unspecified atom stereocenters. The summed E-state index contributed by atoms with van der Waals surface area (Å²) < 4.78 is 14.3. The minimum absolute atomic E-state index is 0.00760. The second kappa shape index (κ2) is 14.8. The van der Waals surface area contributed by atoms with E-state index in [4.69, 9.17) is 20.9 Å². The molecule has 16 bridgehead atoms. The molecular weight excluding hydrogens is 957 g/mol. The smallest absolute Gasteiger partial charge is 0.142 e. The number of benzene rings is 4. The second-order valence-corrected chi connectivity index (χ2v) is 34.8. The lowest BCUT2D eigenvalue weighted by molar-refractivity contribution is -0.284. The maximum Gasteiger partial charge on any atom is 0.142 e. The Balaban J connectivity index is 0.794. The van der Waals surface area contributed by atoms with Gasteiger partial charge in [-0.25, -0.2) is 0 Å². The van der Waals surface area contributed by atoms with Crippen LogP contribution in [0.2, 0.25) is 0 Å². The number of aromatic hydroxyl groups is 2. The molecular formula is C72H92N2O4. The van der Waals surface area contributed by atoms with Gasteiger partial charge in [-0.1, -0.05) is 79.7 Å². The first-order valence-electron chi connectivity index (χ1n) is 31.5. The van der Waals surface area contributed by atoms with E-state index in [0.717, 1.165) is 72.4 Å². The summed E-state index contributed by atoms with van der Waals surface area (Å²) in [5.41, 5.74) is 22.1. The van der Waals surface area contributed by atoms with Crippen LogP contribution in [0, 0.1) is 77.8 Å². The number of rotatable bonds is 9.